The summed E-state index contributed by atoms with van der Waals surface area (Å²) in [5, 5.41) is 3.40. The highest BCUT2D eigenvalue weighted by Gasteiger charge is 2.21. The zero-order chi connectivity index (χ0) is 14.7. The molecule has 1 aromatic carbocycles. The summed E-state index contributed by atoms with van der Waals surface area (Å²) >= 11 is 7.48. The van der Waals surface area contributed by atoms with Gasteiger partial charge < -0.3 is 4.90 Å². The van der Waals surface area contributed by atoms with Crippen molar-refractivity contribution in [3.63, 3.8) is 0 Å². The van der Waals surface area contributed by atoms with Crippen molar-refractivity contribution in [1.29, 1.82) is 0 Å². The Morgan fingerprint density at radius 3 is 2.75 bits per heavy atom. The Morgan fingerprint density at radius 1 is 1.45 bits per heavy atom. The van der Waals surface area contributed by atoms with Gasteiger partial charge in [-0.05, 0) is 38.5 Å². The lowest BCUT2D eigenvalue weighted by atomic mass is 10.2. The van der Waals surface area contributed by atoms with Gasteiger partial charge in [0.05, 0.1) is 5.01 Å². The molecule has 0 unspecified atom stereocenters. The molecule has 0 bridgehead atoms. The number of carbonyl (C=O) groups excluding carboxylic acids is 1. The van der Waals surface area contributed by atoms with Crippen molar-refractivity contribution < 1.29 is 4.79 Å². The van der Waals surface area contributed by atoms with E-state index in [9.17, 15) is 4.79 Å². The molecule has 0 aliphatic carbocycles. The third kappa shape index (κ3) is 3.58. The Morgan fingerprint density at radius 2 is 2.20 bits per heavy atom. The van der Waals surface area contributed by atoms with Crippen LogP contribution in [0.1, 0.15) is 34.9 Å². The molecule has 1 amide bonds. The monoisotopic (exact) mass is 308 g/mol. The van der Waals surface area contributed by atoms with Crippen LogP contribution in [0.3, 0.4) is 0 Å². The molecule has 1 aromatic heterocycles. The second-order valence-electron chi connectivity index (χ2n) is 4.91. The normalized spacial score (nSPS) is 10.8. The van der Waals surface area contributed by atoms with Crippen molar-refractivity contribution >= 4 is 28.8 Å². The van der Waals surface area contributed by atoms with E-state index in [1.807, 2.05) is 50.4 Å². The highest BCUT2D eigenvalue weighted by atomic mass is 35.5. The SMILES string of the molecule is Cc1nc(C(=O)N(Cc2cccc(Cl)c2)C(C)C)cs1. The molecule has 1 heterocycles. The molecule has 0 aliphatic rings. The lowest BCUT2D eigenvalue weighted by Gasteiger charge is -2.26. The van der Waals surface area contributed by atoms with Gasteiger partial charge in [-0.25, -0.2) is 4.98 Å². The number of hydrogen-bond donors (Lipinski definition) is 0. The van der Waals surface area contributed by atoms with Crippen molar-refractivity contribution in [3.8, 4) is 0 Å². The van der Waals surface area contributed by atoms with E-state index in [0.29, 0.717) is 17.3 Å². The fourth-order valence-corrected chi connectivity index (χ4v) is 2.73. The molecule has 0 fully saturated rings. The van der Waals surface area contributed by atoms with Crippen molar-refractivity contribution in [3.05, 3.63) is 50.9 Å². The van der Waals surface area contributed by atoms with E-state index in [1.54, 1.807) is 4.90 Å². The molecule has 106 valence electrons. The lowest BCUT2D eigenvalue weighted by Crippen LogP contribution is -2.36. The van der Waals surface area contributed by atoms with E-state index in [4.69, 9.17) is 11.6 Å². The molecular formula is C15H17ClN2OS. The van der Waals surface area contributed by atoms with Crippen molar-refractivity contribution in [2.75, 3.05) is 0 Å². The van der Waals surface area contributed by atoms with Crippen molar-refractivity contribution in [2.24, 2.45) is 0 Å². The first kappa shape index (κ1) is 15.0. The first-order chi connectivity index (χ1) is 9.47. The number of rotatable bonds is 4. The molecule has 0 saturated carbocycles. The molecule has 3 nitrogen and oxygen atoms in total. The van der Waals surface area contributed by atoms with Crippen LogP contribution in [0.4, 0.5) is 0 Å². The van der Waals surface area contributed by atoms with Crippen LogP contribution in [-0.4, -0.2) is 21.8 Å². The second-order valence-corrected chi connectivity index (χ2v) is 6.41. The summed E-state index contributed by atoms with van der Waals surface area (Å²) in [4.78, 5) is 18.6. The minimum absolute atomic E-state index is 0.0377. The molecule has 2 aromatic rings. The number of aryl methyl sites for hydroxylation is 1. The summed E-state index contributed by atoms with van der Waals surface area (Å²) in [6, 6.07) is 7.69. The van der Waals surface area contributed by atoms with Gasteiger partial charge in [-0.15, -0.1) is 11.3 Å². The van der Waals surface area contributed by atoms with Crippen molar-refractivity contribution in [1.82, 2.24) is 9.88 Å². The van der Waals surface area contributed by atoms with E-state index in [0.717, 1.165) is 10.6 Å². The Hall–Kier alpha value is -1.39. The molecule has 0 saturated heterocycles. The summed E-state index contributed by atoms with van der Waals surface area (Å²) in [5.41, 5.74) is 1.54. The average Bonchev–Trinajstić information content (AvgIpc) is 2.82. The zero-order valence-corrected chi connectivity index (χ0v) is 13.3. The first-order valence-corrected chi connectivity index (χ1v) is 7.70. The quantitative estimate of drug-likeness (QED) is 0.850. The topological polar surface area (TPSA) is 33.2 Å². The number of halogens is 1. The van der Waals surface area contributed by atoms with Gasteiger partial charge in [0.1, 0.15) is 5.69 Å². The maximum atomic E-state index is 12.5. The van der Waals surface area contributed by atoms with Crippen LogP contribution in [0, 0.1) is 6.92 Å². The van der Waals surface area contributed by atoms with Gasteiger partial charge in [-0.1, -0.05) is 23.7 Å². The van der Waals surface area contributed by atoms with Gasteiger partial charge in [-0.2, -0.15) is 0 Å². The highest BCUT2D eigenvalue weighted by Crippen LogP contribution is 2.17. The largest absolute Gasteiger partial charge is 0.331 e. The van der Waals surface area contributed by atoms with Crippen LogP contribution in [-0.2, 0) is 6.54 Å². The van der Waals surface area contributed by atoms with E-state index in [-0.39, 0.29) is 11.9 Å². The number of thiazole rings is 1. The maximum absolute atomic E-state index is 12.5. The smallest absolute Gasteiger partial charge is 0.273 e. The lowest BCUT2D eigenvalue weighted by molar-refractivity contribution is 0.0685. The summed E-state index contributed by atoms with van der Waals surface area (Å²) in [7, 11) is 0. The van der Waals surface area contributed by atoms with Crippen LogP contribution in [0.25, 0.3) is 0 Å². The molecule has 0 aliphatic heterocycles. The van der Waals surface area contributed by atoms with Crippen LogP contribution in [0.5, 0.6) is 0 Å². The number of aromatic nitrogens is 1. The molecule has 5 heteroatoms. The number of nitrogens with zero attached hydrogens (tertiary/aromatic N) is 2. The minimum Gasteiger partial charge on any atom is -0.331 e. The van der Waals surface area contributed by atoms with Gasteiger partial charge in [0.15, 0.2) is 0 Å². The van der Waals surface area contributed by atoms with Gasteiger partial charge in [0, 0.05) is 23.0 Å². The Kier molecular flexibility index (Phi) is 4.78. The Balaban J connectivity index is 2.21. The summed E-state index contributed by atoms with van der Waals surface area (Å²) in [6.07, 6.45) is 0. The molecule has 0 atom stereocenters. The summed E-state index contributed by atoms with van der Waals surface area (Å²) in [5.74, 6) is -0.0377. The van der Waals surface area contributed by atoms with Crippen LogP contribution in [0.15, 0.2) is 29.6 Å². The van der Waals surface area contributed by atoms with Gasteiger partial charge >= 0.3 is 0 Å². The van der Waals surface area contributed by atoms with Crippen LogP contribution >= 0.6 is 22.9 Å². The average molecular weight is 309 g/mol. The van der Waals surface area contributed by atoms with Gasteiger partial charge in [0.25, 0.3) is 5.91 Å². The Labute approximate surface area is 128 Å². The van der Waals surface area contributed by atoms with E-state index >= 15 is 0 Å². The van der Waals surface area contributed by atoms with E-state index in [1.165, 1.54) is 11.3 Å². The van der Waals surface area contributed by atoms with Crippen molar-refractivity contribution in [2.45, 2.75) is 33.4 Å². The van der Waals surface area contributed by atoms with Gasteiger partial charge in [0.2, 0.25) is 0 Å². The molecule has 2 rings (SSSR count). The maximum Gasteiger partial charge on any atom is 0.273 e. The fraction of sp³-hybridized carbons (Fsp3) is 0.333. The first-order valence-electron chi connectivity index (χ1n) is 6.45. The minimum atomic E-state index is -0.0377. The number of benzene rings is 1. The molecule has 0 spiro atoms. The molecular weight excluding hydrogens is 292 g/mol. The third-order valence-corrected chi connectivity index (χ3v) is 3.97. The number of carbonyl (C=O) groups is 1. The molecule has 20 heavy (non-hydrogen) atoms. The summed E-state index contributed by atoms with van der Waals surface area (Å²) in [6.45, 7) is 6.44. The molecule has 0 radical (unpaired) electrons. The van der Waals surface area contributed by atoms with E-state index in [2.05, 4.69) is 4.98 Å². The summed E-state index contributed by atoms with van der Waals surface area (Å²) < 4.78 is 0. The predicted molar refractivity (Wildman–Crippen MR) is 83.3 cm³/mol. The Bertz CT molecular complexity index is 609. The standard InChI is InChI=1S/C15H17ClN2OS/c1-10(2)18(8-12-5-4-6-13(16)7-12)15(19)14-9-20-11(3)17-14/h4-7,9-10H,8H2,1-3H3. The fourth-order valence-electron chi connectivity index (χ4n) is 1.93. The second kappa shape index (κ2) is 6.37. The number of amides is 1. The van der Waals surface area contributed by atoms with Crippen LogP contribution < -0.4 is 0 Å². The molecule has 0 N–H and O–H groups in total. The third-order valence-electron chi connectivity index (χ3n) is 2.96. The number of hydrogen-bond acceptors (Lipinski definition) is 3. The van der Waals surface area contributed by atoms with E-state index < -0.39 is 0 Å². The predicted octanol–water partition coefficient (Wildman–Crippen LogP) is 4.16. The highest BCUT2D eigenvalue weighted by molar-refractivity contribution is 7.09. The van der Waals surface area contributed by atoms with Crippen LogP contribution in [0.2, 0.25) is 5.02 Å². The zero-order valence-electron chi connectivity index (χ0n) is 11.8. The van der Waals surface area contributed by atoms with Gasteiger partial charge in [-0.3, -0.25) is 4.79 Å².